The number of rotatable bonds is 10. The Labute approximate surface area is 210 Å². The van der Waals surface area contributed by atoms with Crippen LogP contribution < -0.4 is 10.0 Å². The van der Waals surface area contributed by atoms with E-state index in [4.69, 9.17) is 4.74 Å². The van der Waals surface area contributed by atoms with E-state index < -0.39 is 15.9 Å². The Kier molecular flexibility index (Phi) is 10.5. The summed E-state index contributed by atoms with van der Waals surface area (Å²) in [6.07, 6.45) is 13.3. The van der Waals surface area contributed by atoms with E-state index in [-0.39, 0.29) is 23.9 Å². The predicted molar refractivity (Wildman–Crippen MR) is 136 cm³/mol. The van der Waals surface area contributed by atoms with Crippen LogP contribution in [0.2, 0.25) is 0 Å². The minimum atomic E-state index is -3.57. The maximum atomic E-state index is 13.4. The van der Waals surface area contributed by atoms with Crippen LogP contribution in [0.4, 0.5) is 9.93 Å². The van der Waals surface area contributed by atoms with Crippen molar-refractivity contribution in [1.29, 1.82) is 0 Å². The summed E-state index contributed by atoms with van der Waals surface area (Å²) in [6.45, 7) is 2.91. The number of thiazole rings is 1. The zero-order valence-electron chi connectivity index (χ0n) is 20.0. The SMILES string of the molecule is CCCO[C@H]1CC[C@H](N(C(=O)Nc2ncc(SCC(=O)NS(C)(=O)=O)s2)C2CCCCC2)CC1. The highest BCUT2D eigenvalue weighted by atomic mass is 32.2. The van der Waals surface area contributed by atoms with Gasteiger partial charge in [0, 0.05) is 18.7 Å². The molecule has 2 saturated carbocycles. The monoisotopic (exact) mass is 532 g/mol. The van der Waals surface area contributed by atoms with Crippen molar-refractivity contribution in [2.45, 2.75) is 93.5 Å². The molecule has 1 aromatic heterocycles. The number of aromatic nitrogens is 1. The fourth-order valence-corrected chi connectivity index (χ4v) is 6.92. The molecule has 2 fully saturated rings. The van der Waals surface area contributed by atoms with Gasteiger partial charge in [-0.25, -0.2) is 18.2 Å². The molecule has 2 N–H and O–H groups in total. The number of hydrogen-bond donors (Lipinski definition) is 2. The lowest BCUT2D eigenvalue weighted by molar-refractivity contribution is -0.116. The second-order valence-corrected chi connectivity index (χ2v) is 13.1. The Bertz CT molecular complexity index is 909. The van der Waals surface area contributed by atoms with Crippen molar-refractivity contribution in [2.75, 3.05) is 23.9 Å². The molecule has 2 aliphatic carbocycles. The third-order valence-corrected chi connectivity index (χ3v) is 8.85. The van der Waals surface area contributed by atoms with Crippen LogP contribution in [0, 0.1) is 0 Å². The third-order valence-electron chi connectivity index (χ3n) is 6.14. The van der Waals surface area contributed by atoms with Gasteiger partial charge in [-0.2, -0.15) is 0 Å². The Balaban J connectivity index is 1.58. The summed E-state index contributed by atoms with van der Waals surface area (Å²) in [5, 5.41) is 3.46. The van der Waals surface area contributed by atoms with E-state index in [1.54, 1.807) is 6.20 Å². The number of carbonyl (C=O) groups excluding carboxylic acids is 2. The second-order valence-electron chi connectivity index (χ2n) is 9.00. The average Bonchev–Trinajstić information content (AvgIpc) is 3.24. The van der Waals surface area contributed by atoms with Crippen LogP contribution >= 0.6 is 23.1 Å². The van der Waals surface area contributed by atoms with Crippen molar-refractivity contribution in [3.63, 3.8) is 0 Å². The Hall–Kier alpha value is -1.37. The van der Waals surface area contributed by atoms with Gasteiger partial charge in [-0.15, -0.1) is 11.8 Å². The first kappa shape index (κ1) is 27.2. The summed E-state index contributed by atoms with van der Waals surface area (Å²) in [5.41, 5.74) is 0. The summed E-state index contributed by atoms with van der Waals surface area (Å²) in [5.74, 6) is -0.631. The second kappa shape index (κ2) is 13.1. The smallest absolute Gasteiger partial charge is 0.324 e. The lowest BCUT2D eigenvalue weighted by atomic mass is 9.88. The first-order valence-electron chi connectivity index (χ1n) is 12.1. The van der Waals surface area contributed by atoms with Crippen LogP contribution in [0.15, 0.2) is 10.4 Å². The van der Waals surface area contributed by atoms with Crippen molar-refractivity contribution in [1.82, 2.24) is 14.6 Å². The number of anilines is 1. The molecule has 34 heavy (non-hydrogen) atoms. The number of ether oxygens (including phenoxy) is 1. The largest absolute Gasteiger partial charge is 0.378 e. The summed E-state index contributed by atoms with van der Waals surface area (Å²) in [7, 11) is -3.57. The molecule has 1 heterocycles. The summed E-state index contributed by atoms with van der Waals surface area (Å²) in [6, 6.07) is 0.351. The molecule has 9 nitrogen and oxygen atoms in total. The van der Waals surface area contributed by atoms with Crippen LogP contribution in [0.5, 0.6) is 0 Å². The van der Waals surface area contributed by atoms with E-state index in [2.05, 4.69) is 22.1 Å². The van der Waals surface area contributed by atoms with Crippen molar-refractivity contribution in [3.8, 4) is 0 Å². The number of nitrogens with zero attached hydrogens (tertiary/aromatic N) is 2. The molecule has 12 heteroatoms. The van der Waals surface area contributed by atoms with Crippen LogP contribution in [0.3, 0.4) is 0 Å². The van der Waals surface area contributed by atoms with Crippen LogP contribution in [0.25, 0.3) is 0 Å². The number of thioether (sulfide) groups is 1. The van der Waals surface area contributed by atoms with Crippen LogP contribution in [-0.4, -0.2) is 67.0 Å². The molecule has 0 spiro atoms. The Morgan fingerprint density at radius 1 is 1.15 bits per heavy atom. The number of hydrogen-bond acceptors (Lipinski definition) is 8. The molecule has 0 unspecified atom stereocenters. The molecule has 3 amide bonds. The molecular weight excluding hydrogens is 496 g/mol. The highest BCUT2D eigenvalue weighted by Crippen LogP contribution is 2.33. The van der Waals surface area contributed by atoms with Crippen molar-refractivity contribution >= 4 is 50.2 Å². The summed E-state index contributed by atoms with van der Waals surface area (Å²) >= 11 is 2.47. The molecule has 0 saturated heterocycles. The molecule has 2 aliphatic rings. The number of sulfonamides is 1. The van der Waals surface area contributed by atoms with Crippen LogP contribution in [0.1, 0.15) is 71.1 Å². The van der Waals surface area contributed by atoms with Gasteiger partial charge < -0.3 is 9.64 Å². The van der Waals surface area contributed by atoms with Gasteiger partial charge in [-0.3, -0.25) is 14.8 Å². The number of urea groups is 1. The first-order valence-corrected chi connectivity index (χ1v) is 15.7. The molecular formula is C22H36N4O5S3. The van der Waals surface area contributed by atoms with E-state index in [1.807, 2.05) is 4.72 Å². The topological polar surface area (TPSA) is 118 Å². The summed E-state index contributed by atoms with van der Waals surface area (Å²) < 4.78 is 30.9. The Morgan fingerprint density at radius 2 is 1.82 bits per heavy atom. The average molecular weight is 533 g/mol. The summed E-state index contributed by atoms with van der Waals surface area (Å²) in [4.78, 5) is 31.5. The highest BCUT2D eigenvalue weighted by molar-refractivity contribution is 8.02. The lowest BCUT2D eigenvalue weighted by Gasteiger charge is -2.42. The zero-order valence-corrected chi connectivity index (χ0v) is 22.4. The molecule has 3 rings (SSSR count). The third kappa shape index (κ3) is 8.69. The van der Waals surface area contributed by atoms with Gasteiger partial charge in [0.25, 0.3) is 0 Å². The quantitative estimate of drug-likeness (QED) is 0.433. The molecule has 0 radical (unpaired) electrons. The maximum Gasteiger partial charge on any atom is 0.324 e. The van der Waals surface area contributed by atoms with Crippen molar-refractivity contribution < 1.29 is 22.7 Å². The van der Waals surface area contributed by atoms with Gasteiger partial charge in [0.1, 0.15) is 0 Å². The van der Waals surface area contributed by atoms with E-state index in [1.165, 1.54) is 29.5 Å². The molecule has 1 aromatic rings. The molecule has 0 aromatic carbocycles. The molecule has 0 aliphatic heterocycles. The minimum absolute atomic E-state index is 0.0415. The van der Waals surface area contributed by atoms with E-state index in [0.717, 1.165) is 74.9 Å². The van der Waals surface area contributed by atoms with E-state index >= 15 is 0 Å². The maximum absolute atomic E-state index is 13.4. The van der Waals surface area contributed by atoms with Crippen molar-refractivity contribution in [3.05, 3.63) is 6.20 Å². The van der Waals surface area contributed by atoms with Crippen LogP contribution in [-0.2, 0) is 19.6 Å². The lowest BCUT2D eigenvalue weighted by Crippen LogP contribution is -2.51. The standard InChI is InChI=1S/C22H36N4O5S3/c1-3-13-31-18-11-9-17(10-12-18)26(16-7-5-4-6-8-16)22(28)24-21-23-14-20(33-21)32-15-19(27)25-34(2,29)30/h14,16-18H,3-13,15H2,1-2H3,(H,25,27)(H,23,24,28)/t17-,18-. The fraction of sp³-hybridized carbons (Fsp3) is 0.773. The number of carbonyl (C=O) groups is 2. The molecule has 192 valence electrons. The van der Waals surface area contributed by atoms with E-state index in [9.17, 15) is 18.0 Å². The number of amides is 3. The normalized spacial score (nSPS) is 21.7. The van der Waals surface area contributed by atoms with Gasteiger partial charge in [0.2, 0.25) is 15.9 Å². The highest BCUT2D eigenvalue weighted by Gasteiger charge is 2.34. The fourth-order valence-electron chi connectivity index (χ4n) is 4.68. The predicted octanol–water partition coefficient (Wildman–Crippen LogP) is 4.22. The van der Waals surface area contributed by atoms with E-state index in [0.29, 0.717) is 11.2 Å². The zero-order chi connectivity index (χ0) is 24.6. The van der Waals surface area contributed by atoms with Crippen molar-refractivity contribution in [2.24, 2.45) is 0 Å². The molecule has 0 atom stereocenters. The molecule has 0 bridgehead atoms. The Morgan fingerprint density at radius 3 is 2.47 bits per heavy atom. The first-order chi connectivity index (χ1) is 16.2. The van der Waals surface area contributed by atoms with Gasteiger partial charge in [0.15, 0.2) is 5.13 Å². The van der Waals surface area contributed by atoms with Gasteiger partial charge in [-0.1, -0.05) is 37.5 Å². The van der Waals surface area contributed by atoms with Gasteiger partial charge >= 0.3 is 6.03 Å². The minimum Gasteiger partial charge on any atom is -0.378 e. The van der Waals surface area contributed by atoms with Gasteiger partial charge in [-0.05, 0) is 44.9 Å². The number of nitrogens with one attached hydrogen (secondary N) is 2. The van der Waals surface area contributed by atoms with Gasteiger partial charge in [0.05, 0.1) is 28.5 Å².